The Balaban J connectivity index is 2.38. The van der Waals surface area contributed by atoms with E-state index in [1.165, 1.54) is 0 Å². The van der Waals surface area contributed by atoms with Crippen LogP contribution in [0.3, 0.4) is 0 Å². The molecule has 0 N–H and O–H groups in total. The molecule has 0 saturated heterocycles. The predicted octanol–water partition coefficient (Wildman–Crippen LogP) is 2.72. The maximum absolute atomic E-state index is 11.6. The number of thioether (sulfide) groups is 1. The van der Waals surface area contributed by atoms with Gasteiger partial charge < -0.3 is 0 Å². The number of carbonyl (C=O) groups excluding carboxylic acids is 1. The van der Waals surface area contributed by atoms with Crippen molar-refractivity contribution in [1.29, 1.82) is 0 Å². The van der Waals surface area contributed by atoms with Gasteiger partial charge in [-0.15, -0.1) is 11.8 Å². The molecule has 1 rings (SSSR count). The summed E-state index contributed by atoms with van der Waals surface area (Å²) in [6.07, 6.45) is 3.97. The Bertz CT molecular complexity index is 316. The fourth-order valence-electron chi connectivity index (χ4n) is 1.08. The molecule has 0 amide bonds. The van der Waals surface area contributed by atoms with Gasteiger partial charge in [0, 0.05) is 23.6 Å². The molecule has 0 fully saturated rings. The van der Waals surface area contributed by atoms with Gasteiger partial charge in [-0.05, 0) is 11.6 Å². The molecular weight excluding hydrogens is 206 g/mol. The van der Waals surface area contributed by atoms with Crippen molar-refractivity contribution in [2.24, 2.45) is 0 Å². The van der Waals surface area contributed by atoms with Gasteiger partial charge in [0.2, 0.25) is 0 Å². The lowest BCUT2D eigenvalue weighted by Gasteiger charge is -2.16. The lowest BCUT2D eigenvalue weighted by atomic mass is 10.2. The number of nitrogens with zero attached hydrogens (tertiary/aromatic N) is 1. The quantitative estimate of drug-likeness (QED) is 0.786. The molecule has 0 aliphatic carbocycles. The Kier molecular flexibility index (Phi) is 4.33. The summed E-state index contributed by atoms with van der Waals surface area (Å²) in [4.78, 5) is 15.6. The normalized spacial score (nSPS) is 11.4. The van der Waals surface area contributed by atoms with E-state index >= 15 is 0 Å². The molecule has 3 heteroatoms. The average Bonchev–Trinajstić information content (AvgIpc) is 2.15. The van der Waals surface area contributed by atoms with Gasteiger partial charge >= 0.3 is 0 Å². The summed E-state index contributed by atoms with van der Waals surface area (Å²) in [5, 5.41) is 0. The van der Waals surface area contributed by atoms with Crippen LogP contribution >= 0.6 is 11.8 Å². The number of Topliss-reactive ketones (excluding diaryl/α,β-unsaturated/α-hetero) is 1. The lowest BCUT2D eigenvalue weighted by Crippen LogP contribution is -2.14. The molecule has 0 spiro atoms. The van der Waals surface area contributed by atoms with E-state index in [9.17, 15) is 4.79 Å². The first-order chi connectivity index (χ1) is 6.97. The summed E-state index contributed by atoms with van der Waals surface area (Å²) in [5.41, 5.74) is 0.997. The molecule has 0 bridgehead atoms. The lowest BCUT2D eigenvalue weighted by molar-refractivity contribution is -0.116. The predicted molar refractivity (Wildman–Crippen MR) is 65.2 cm³/mol. The molecule has 15 heavy (non-hydrogen) atoms. The van der Waals surface area contributed by atoms with Crippen molar-refractivity contribution in [3.63, 3.8) is 0 Å². The molecular formula is C12H17NOS. The standard InChI is InChI=1S/C12H17NOS/c1-12(2,3)15-9-11(14)7-10-5-4-6-13-8-10/h4-6,8H,7,9H2,1-3H3. The van der Waals surface area contributed by atoms with Crippen molar-refractivity contribution in [1.82, 2.24) is 4.98 Å². The van der Waals surface area contributed by atoms with E-state index in [1.807, 2.05) is 12.1 Å². The van der Waals surface area contributed by atoms with Crippen LogP contribution in [0.25, 0.3) is 0 Å². The van der Waals surface area contributed by atoms with Crippen molar-refractivity contribution in [2.75, 3.05) is 5.75 Å². The minimum Gasteiger partial charge on any atom is -0.298 e. The van der Waals surface area contributed by atoms with Gasteiger partial charge in [0.05, 0.1) is 5.75 Å². The third-order valence-corrected chi connectivity index (χ3v) is 3.12. The SMILES string of the molecule is CC(C)(C)SCC(=O)Cc1cccnc1. The van der Waals surface area contributed by atoms with Crippen LogP contribution in [0.5, 0.6) is 0 Å². The zero-order valence-electron chi connectivity index (χ0n) is 9.49. The third kappa shape index (κ3) is 5.57. The van der Waals surface area contributed by atoms with Gasteiger partial charge in [-0.3, -0.25) is 9.78 Å². The molecule has 82 valence electrons. The topological polar surface area (TPSA) is 30.0 Å². The zero-order chi connectivity index (χ0) is 11.3. The largest absolute Gasteiger partial charge is 0.298 e. The van der Waals surface area contributed by atoms with E-state index in [0.717, 1.165) is 5.56 Å². The van der Waals surface area contributed by atoms with Gasteiger partial charge in [-0.2, -0.15) is 0 Å². The van der Waals surface area contributed by atoms with Crippen molar-refractivity contribution < 1.29 is 4.79 Å². The Hall–Kier alpha value is -0.830. The van der Waals surface area contributed by atoms with Gasteiger partial charge in [0.1, 0.15) is 5.78 Å². The number of hydrogen-bond acceptors (Lipinski definition) is 3. The van der Waals surface area contributed by atoms with E-state index in [-0.39, 0.29) is 10.5 Å². The highest BCUT2D eigenvalue weighted by Gasteiger charge is 2.13. The summed E-state index contributed by atoms with van der Waals surface area (Å²) in [6.45, 7) is 6.36. The van der Waals surface area contributed by atoms with Crippen molar-refractivity contribution in [2.45, 2.75) is 31.9 Å². The number of rotatable bonds is 4. The van der Waals surface area contributed by atoms with Crippen LogP contribution in [0.15, 0.2) is 24.5 Å². The van der Waals surface area contributed by atoms with Crippen LogP contribution in [-0.2, 0) is 11.2 Å². The molecule has 0 radical (unpaired) electrons. The minimum absolute atomic E-state index is 0.157. The molecule has 1 aromatic rings. The molecule has 0 aromatic carbocycles. The van der Waals surface area contributed by atoms with Crippen LogP contribution in [0.1, 0.15) is 26.3 Å². The van der Waals surface area contributed by atoms with Crippen LogP contribution in [0.4, 0.5) is 0 Å². The number of pyridine rings is 1. The maximum atomic E-state index is 11.6. The highest BCUT2D eigenvalue weighted by atomic mass is 32.2. The van der Waals surface area contributed by atoms with Gasteiger partial charge in [-0.25, -0.2) is 0 Å². The number of aromatic nitrogens is 1. The van der Waals surface area contributed by atoms with E-state index in [1.54, 1.807) is 24.2 Å². The molecule has 2 nitrogen and oxygen atoms in total. The molecule has 0 saturated carbocycles. The van der Waals surface area contributed by atoms with Crippen LogP contribution < -0.4 is 0 Å². The number of carbonyl (C=O) groups is 1. The van der Waals surface area contributed by atoms with E-state index in [4.69, 9.17) is 0 Å². The first-order valence-corrected chi connectivity index (χ1v) is 6.00. The first kappa shape index (κ1) is 12.2. The Labute approximate surface area is 95.5 Å². The number of hydrogen-bond donors (Lipinski definition) is 0. The first-order valence-electron chi connectivity index (χ1n) is 5.02. The average molecular weight is 223 g/mol. The van der Waals surface area contributed by atoms with Gasteiger partial charge in [-0.1, -0.05) is 26.8 Å². The van der Waals surface area contributed by atoms with Crippen molar-refractivity contribution in [3.05, 3.63) is 30.1 Å². The second kappa shape index (κ2) is 5.31. The Morgan fingerprint density at radius 2 is 2.20 bits per heavy atom. The van der Waals surface area contributed by atoms with E-state index in [2.05, 4.69) is 25.8 Å². The summed E-state index contributed by atoms with van der Waals surface area (Å²) in [5.74, 6) is 0.848. The summed E-state index contributed by atoms with van der Waals surface area (Å²) in [7, 11) is 0. The second-order valence-electron chi connectivity index (χ2n) is 4.48. The fourth-order valence-corrected chi connectivity index (χ4v) is 1.77. The molecule has 0 aliphatic rings. The second-order valence-corrected chi connectivity index (χ2v) is 6.28. The van der Waals surface area contributed by atoms with E-state index in [0.29, 0.717) is 12.2 Å². The zero-order valence-corrected chi connectivity index (χ0v) is 10.3. The number of ketones is 1. The third-order valence-electron chi connectivity index (χ3n) is 1.79. The van der Waals surface area contributed by atoms with Crippen molar-refractivity contribution in [3.8, 4) is 0 Å². The van der Waals surface area contributed by atoms with Crippen LogP contribution in [0, 0.1) is 0 Å². The summed E-state index contributed by atoms with van der Waals surface area (Å²) in [6, 6.07) is 3.80. The smallest absolute Gasteiger partial charge is 0.147 e. The molecule has 1 aromatic heterocycles. The van der Waals surface area contributed by atoms with Crippen LogP contribution in [-0.4, -0.2) is 21.3 Å². The van der Waals surface area contributed by atoms with Crippen molar-refractivity contribution >= 4 is 17.5 Å². The summed E-state index contributed by atoms with van der Waals surface area (Å²) < 4.78 is 0.157. The highest BCUT2D eigenvalue weighted by Crippen LogP contribution is 2.23. The van der Waals surface area contributed by atoms with Crippen LogP contribution in [0.2, 0.25) is 0 Å². The molecule has 0 atom stereocenters. The minimum atomic E-state index is 0.157. The molecule has 0 unspecified atom stereocenters. The van der Waals surface area contributed by atoms with Gasteiger partial charge in [0.15, 0.2) is 0 Å². The van der Waals surface area contributed by atoms with E-state index < -0.39 is 0 Å². The fraction of sp³-hybridized carbons (Fsp3) is 0.500. The Morgan fingerprint density at radius 3 is 2.73 bits per heavy atom. The molecule has 0 aliphatic heterocycles. The Morgan fingerprint density at radius 1 is 1.47 bits per heavy atom. The maximum Gasteiger partial charge on any atom is 0.147 e. The van der Waals surface area contributed by atoms with Gasteiger partial charge in [0.25, 0.3) is 0 Å². The monoisotopic (exact) mass is 223 g/mol. The summed E-state index contributed by atoms with van der Waals surface area (Å²) >= 11 is 1.69. The molecule has 1 heterocycles. The highest BCUT2D eigenvalue weighted by molar-refractivity contribution is 8.01.